The van der Waals surface area contributed by atoms with Crippen LogP contribution in [0.5, 0.6) is 5.75 Å². The second-order valence-corrected chi connectivity index (χ2v) is 6.29. The number of carboxylic acids is 1. The van der Waals surface area contributed by atoms with Gasteiger partial charge in [-0.15, -0.1) is 0 Å². The maximum atomic E-state index is 12.0. The summed E-state index contributed by atoms with van der Waals surface area (Å²) in [5, 5.41) is 14.5. The molecule has 0 aromatic heterocycles. The van der Waals surface area contributed by atoms with Gasteiger partial charge in [0.2, 0.25) is 0 Å². The molecular weight excluding hydrogens is 332 g/mol. The van der Waals surface area contributed by atoms with Crippen molar-refractivity contribution in [3.8, 4) is 5.75 Å². The molecule has 0 saturated carbocycles. The fourth-order valence-electron chi connectivity index (χ4n) is 2.39. The van der Waals surface area contributed by atoms with Crippen LogP contribution >= 0.6 is 0 Å². The molecule has 2 amide bonds. The summed E-state index contributed by atoms with van der Waals surface area (Å²) >= 11 is 0. The lowest BCUT2D eigenvalue weighted by atomic mass is 10.1. The molecule has 2 rings (SSSR count). The maximum absolute atomic E-state index is 12.0. The molecule has 0 spiro atoms. The number of nitrogens with one attached hydrogen (secondary N) is 2. The Labute approximate surface area is 153 Å². The first-order chi connectivity index (χ1) is 12.3. The van der Waals surface area contributed by atoms with Crippen molar-refractivity contribution in [1.29, 1.82) is 0 Å². The first-order valence-corrected chi connectivity index (χ1v) is 8.48. The van der Waals surface area contributed by atoms with Crippen LogP contribution in [0.15, 0.2) is 48.5 Å². The lowest BCUT2D eigenvalue weighted by molar-refractivity contribution is 0.0697. The van der Waals surface area contributed by atoms with Gasteiger partial charge in [-0.2, -0.15) is 0 Å². The number of urea groups is 1. The van der Waals surface area contributed by atoms with E-state index in [0.29, 0.717) is 6.54 Å². The van der Waals surface area contributed by atoms with E-state index in [1.54, 1.807) is 12.1 Å². The minimum Gasteiger partial charge on any atom is -0.491 e. The van der Waals surface area contributed by atoms with E-state index in [2.05, 4.69) is 10.6 Å². The molecule has 0 bridgehead atoms. The molecule has 2 aromatic carbocycles. The van der Waals surface area contributed by atoms with E-state index >= 15 is 0 Å². The van der Waals surface area contributed by atoms with Crippen molar-refractivity contribution in [1.82, 2.24) is 10.6 Å². The second kappa shape index (κ2) is 8.89. The molecule has 0 fully saturated rings. The molecule has 6 nitrogen and oxygen atoms in total. The Hall–Kier alpha value is -3.02. The fraction of sp³-hybridized carbons (Fsp3) is 0.300. The second-order valence-electron chi connectivity index (χ2n) is 6.29. The normalized spacial score (nSPS) is 11.7. The Morgan fingerprint density at radius 2 is 1.62 bits per heavy atom. The van der Waals surface area contributed by atoms with E-state index < -0.39 is 5.97 Å². The average molecular weight is 356 g/mol. The Balaban J connectivity index is 1.83. The third kappa shape index (κ3) is 5.81. The van der Waals surface area contributed by atoms with Crippen molar-refractivity contribution in [3.05, 3.63) is 65.2 Å². The van der Waals surface area contributed by atoms with E-state index in [9.17, 15) is 9.59 Å². The van der Waals surface area contributed by atoms with E-state index in [-0.39, 0.29) is 23.7 Å². The van der Waals surface area contributed by atoms with Crippen LogP contribution in [0.2, 0.25) is 0 Å². The summed E-state index contributed by atoms with van der Waals surface area (Å²) < 4.78 is 5.60. The highest BCUT2D eigenvalue weighted by Gasteiger charge is 2.10. The van der Waals surface area contributed by atoms with Crippen LogP contribution in [0.25, 0.3) is 0 Å². The smallest absolute Gasteiger partial charge is 0.335 e. The Kier molecular flexibility index (Phi) is 6.60. The number of amides is 2. The highest BCUT2D eigenvalue weighted by Crippen LogP contribution is 2.18. The van der Waals surface area contributed by atoms with Gasteiger partial charge in [-0.25, -0.2) is 9.59 Å². The van der Waals surface area contributed by atoms with Crippen LogP contribution in [0, 0.1) is 0 Å². The molecule has 0 heterocycles. The molecule has 6 heteroatoms. The quantitative estimate of drug-likeness (QED) is 0.705. The van der Waals surface area contributed by atoms with Crippen molar-refractivity contribution in [2.75, 3.05) is 0 Å². The molecule has 3 N–H and O–H groups in total. The van der Waals surface area contributed by atoms with Crippen LogP contribution in [0.3, 0.4) is 0 Å². The summed E-state index contributed by atoms with van der Waals surface area (Å²) in [4.78, 5) is 22.9. The number of aromatic carboxylic acids is 1. The third-order valence-corrected chi connectivity index (χ3v) is 3.75. The van der Waals surface area contributed by atoms with Gasteiger partial charge in [-0.1, -0.05) is 24.3 Å². The summed E-state index contributed by atoms with van der Waals surface area (Å²) in [5.74, 6) is -0.175. The minimum absolute atomic E-state index is 0.117. The molecule has 0 radical (unpaired) electrons. The molecule has 1 atom stereocenters. The van der Waals surface area contributed by atoms with Crippen molar-refractivity contribution in [3.63, 3.8) is 0 Å². The van der Waals surface area contributed by atoms with E-state index in [1.165, 1.54) is 12.1 Å². The summed E-state index contributed by atoms with van der Waals surface area (Å²) in [6, 6.07) is 13.6. The largest absolute Gasteiger partial charge is 0.491 e. The average Bonchev–Trinajstić information content (AvgIpc) is 2.60. The fourth-order valence-corrected chi connectivity index (χ4v) is 2.39. The predicted octanol–water partition coefficient (Wildman–Crippen LogP) is 3.73. The minimum atomic E-state index is -0.971. The van der Waals surface area contributed by atoms with Crippen molar-refractivity contribution in [2.45, 2.75) is 39.5 Å². The monoisotopic (exact) mass is 356 g/mol. The summed E-state index contributed by atoms with van der Waals surface area (Å²) in [6.45, 7) is 6.16. The summed E-state index contributed by atoms with van der Waals surface area (Å²) in [6.07, 6.45) is 0.117. The zero-order valence-electron chi connectivity index (χ0n) is 15.2. The highest BCUT2D eigenvalue weighted by molar-refractivity contribution is 5.87. The number of hydrogen-bond acceptors (Lipinski definition) is 3. The van der Waals surface area contributed by atoms with Crippen molar-refractivity contribution >= 4 is 12.0 Å². The molecule has 2 aromatic rings. The summed E-state index contributed by atoms with van der Waals surface area (Å²) in [5.41, 5.74) is 2.02. The third-order valence-electron chi connectivity index (χ3n) is 3.75. The van der Waals surface area contributed by atoms with Crippen LogP contribution in [-0.2, 0) is 6.54 Å². The van der Waals surface area contributed by atoms with Crippen LogP contribution in [-0.4, -0.2) is 23.2 Å². The number of ether oxygens (including phenoxy) is 1. The Morgan fingerprint density at radius 1 is 1.00 bits per heavy atom. The van der Waals surface area contributed by atoms with Gasteiger partial charge in [0.15, 0.2) is 0 Å². The Morgan fingerprint density at radius 3 is 2.15 bits per heavy atom. The van der Waals surface area contributed by atoms with Gasteiger partial charge in [0.05, 0.1) is 17.7 Å². The van der Waals surface area contributed by atoms with Crippen molar-refractivity contribution in [2.24, 2.45) is 0 Å². The van der Waals surface area contributed by atoms with E-state index in [0.717, 1.165) is 16.9 Å². The van der Waals surface area contributed by atoms with Gasteiger partial charge in [-0.3, -0.25) is 0 Å². The van der Waals surface area contributed by atoms with Gasteiger partial charge in [0, 0.05) is 6.54 Å². The number of carbonyl (C=O) groups excluding carboxylic acids is 1. The molecule has 1 unspecified atom stereocenters. The van der Waals surface area contributed by atoms with Gasteiger partial charge < -0.3 is 20.5 Å². The predicted molar refractivity (Wildman–Crippen MR) is 99.4 cm³/mol. The zero-order valence-corrected chi connectivity index (χ0v) is 15.2. The standard InChI is InChI=1S/C20H24N2O4/c1-13(2)26-18-10-8-16(9-11-18)14(3)22-20(25)21-12-15-4-6-17(7-5-15)19(23)24/h4-11,13-14H,12H2,1-3H3,(H,23,24)(H2,21,22,25). The SMILES string of the molecule is CC(C)Oc1ccc(C(C)NC(=O)NCc2ccc(C(=O)O)cc2)cc1. The molecule has 138 valence electrons. The van der Waals surface area contributed by atoms with Gasteiger partial charge >= 0.3 is 12.0 Å². The number of rotatable bonds is 7. The van der Waals surface area contributed by atoms with Crippen LogP contribution < -0.4 is 15.4 Å². The topological polar surface area (TPSA) is 87.7 Å². The number of carboxylic acid groups (broad SMARTS) is 1. The zero-order chi connectivity index (χ0) is 19.1. The number of benzene rings is 2. The van der Waals surface area contributed by atoms with Crippen molar-refractivity contribution < 1.29 is 19.4 Å². The summed E-state index contributed by atoms with van der Waals surface area (Å²) in [7, 11) is 0. The highest BCUT2D eigenvalue weighted by atomic mass is 16.5. The number of carbonyl (C=O) groups is 2. The maximum Gasteiger partial charge on any atom is 0.335 e. The molecule has 0 aliphatic rings. The first kappa shape index (κ1) is 19.3. The van der Waals surface area contributed by atoms with Crippen LogP contribution in [0.1, 0.15) is 48.3 Å². The number of hydrogen-bond donors (Lipinski definition) is 3. The lowest BCUT2D eigenvalue weighted by Crippen LogP contribution is -2.36. The first-order valence-electron chi connectivity index (χ1n) is 8.48. The molecule has 0 aliphatic heterocycles. The molecule has 26 heavy (non-hydrogen) atoms. The van der Waals surface area contributed by atoms with Gasteiger partial charge in [0.1, 0.15) is 5.75 Å². The van der Waals surface area contributed by atoms with Gasteiger partial charge in [0.25, 0.3) is 0 Å². The van der Waals surface area contributed by atoms with E-state index in [4.69, 9.17) is 9.84 Å². The lowest BCUT2D eigenvalue weighted by Gasteiger charge is -2.16. The van der Waals surface area contributed by atoms with Gasteiger partial charge in [-0.05, 0) is 56.2 Å². The molecule has 0 aliphatic carbocycles. The van der Waals surface area contributed by atoms with E-state index in [1.807, 2.05) is 45.0 Å². The van der Waals surface area contributed by atoms with Crippen LogP contribution in [0.4, 0.5) is 4.79 Å². The Bertz CT molecular complexity index is 739. The molecular formula is C20H24N2O4. The molecule has 0 saturated heterocycles.